The van der Waals surface area contributed by atoms with Crippen molar-refractivity contribution in [2.24, 2.45) is 0 Å². The number of nitrogens with zero attached hydrogens (tertiary/aromatic N) is 3. The maximum atomic E-state index is 12.0. The summed E-state index contributed by atoms with van der Waals surface area (Å²) in [5.74, 6) is -1.14. The number of fused-ring (bicyclic) bond motifs is 3. The van der Waals surface area contributed by atoms with E-state index >= 15 is 0 Å². The third kappa shape index (κ3) is 1.52. The SMILES string of the molecule is O=C(O)Cn1nc(Cl)n2c(cc3sccc32)c1=O. The molecule has 0 spiro atoms. The topological polar surface area (TPSA) is 76.6 Å². The second-order valence-corrected chi connectivity index (χ2v) is 4.95. The second-order valence-electron chi connectivity index (χ2n) is 3.66. The highest BCUT2D eigenvalue weighted by Gasteiger charge is 2.14. The third-order valence-corrected chi connectivity index (χ3v) is 3.65. The van der Waals surface area contributed by atoms with Gasteiger partial charge in [-0.1, -0.05) is 0 Å². The Morgan fingerprint density at radius 2 is 2.28 bits per heavy atom. The van der Waals surface area contributed by atoms with Crippen LogP contribution in [0.25, 0.3) is 15.7 Å². The van der Waals surface area contributed by atoms with E-state index < -0.39 is 18.1 Å². The first-order valence-electron chi connectivity index (χ1n) is 4.95. The number of halogens is 1. The van der Waals surface area contributed by atoms with E-state index in [4.69, 9.17) is 16.7 Å². The first-order chi connectivity index (χ1) is 8.58. The van der Waals surface area contributed by atoms with Crippen LogP contribution < -0.4 is 5.56 Å². The van der Waals surface area contributed by atoms with Crippen LogP contribution >= 0.6 is 22.9 Å². The Kier molecular flexibility index (Phi) is 2.39. The molecule has 92 valence electrons. The molecule has 3 rings (SSSR count). The quantitative estimate of drug-likeness (QED) is 0.772. The Morgan fingerprint density at radius 1 is 1.50 bits per heavy atom. The van der Waals surface area contributed by atoms with E-state index in [0.29, 0.717) is 5.52 Å². The summed E-state index contributed by atoms with van der Waals surface area (Å²) in [4.78, 5) is 22.7. The molecule has 0 aliphatic rings. The number of carbonyl (C=O) groups is 1. The number of aliphatic carboxylic acids is 1. The summed E-state index contributed by atoms with van der Waals surface area (Å²) < 4.78 is 3.28. The molecule has 0 amide bonds. The molecule has 3 aromatic heterocycles. The Balaban J connectivity index is 2.41. The molecule has 1 N–H and O–H groups in total. The minimum atomic E-state index is -1.14. The average molecular weight is 284 g/mol. The first kappa shape index (κ1) is 11.2. The molecule has 0 atom stereocenters. The van der Waals surface area contributed by atoms with Crippen molar-refractivity contribution in [3.63, 3.8) is 0 Å². The number of hydrogen-bond donors (Lipinski definition) is 1. The van der Waals surface area contributed by atoms with Crippen LogP contribution in [-0.4, -0.2) is 25.3 Å². The van der Waals surface area contributed by atoms with E-state index in [2.05, 4.69) is 5.10 Å². The van der Waals surface area contributed by atoms with Gasteiger partial charge in [0.15, 0.2) is 0 Å². The molecule has 0 bridgehead atoms. The summed E-state index contributed by atoms with van der Waals surface area (Å²) in [6.07, 6.45) is 0. The zero-order chi connectivity index (χ0) is 12.9. The van der Waals surface area contributed by atoms with Crippen LogP contribution in [-0.2, 0) is 11.3 Å². The first-order valence-corrected chi connectivity index (χ1v) is 6.21. The number of rotatable bonds is 2. The zero-order valence-corrected chi connectivity index (χ0v) is 10.4. The van der Waals surface area contributed by atoms with Gasteiger partial charge in [-0.3, -0.25) is 14.0 Å². The monoisotopic (exact) mass is 283 g/mol. The van der Waals surface area contributed by atoms with Crippen LogP contribution in [0.15, 0.2) is 22.3 Å². The number of aromatic nitrogens is 3. The summed E-state index contributed by atoms with van der Waals surface area (Å²) in [6, 6.07) is 3.52. The lowest BCUT2D eigenvalue weighted by Crippen LogP contribution is -2.28. The fraction of sp³-hybridized carbons (Fsp3) is 0.100. The van der Waals surface area contributed by atoms with Crippen molar-refractivity contribution in [3.8, 4) is 0 Å². The third-order valence-electron chi connectivity index (χ3n) is 2.55. The molecule has 0 aromatic carbocycles. The lowest BCUT2D eigenvalue weighted by atomic mass is 10.5. The van der Waals surface area contributed by atoms with Crippen molar-refractivity contribution in [1.29, 1.82) is 0 Å². The number of hydrogen-bond acceptors (Lipinski definition) is 4. The van der Waals surface area contributed by atoms with E-state index in [1.54, 1.807) is 6.07 Å². The average Bonchev–Trinajstić information content (AvgIpc) is 2.83. The maximum absolute atomic E-state index is 12.0. The van der Waals surface area contributed by atoms with E-state index in [9.17, 15) is 9.59 Å². The molecule has 0 aliphatic heterocycles. The predicted molar refractivity (Wildman–Crippen MR) is 67.5 cm³/mol. The highest BCUT2D eigenvalue weighted by molar-refractivity contribution is 7.17. The fourth-order valence-corrected chi connectivity index (χ4v) is 2.92. The van der Waals surface area contributed by atoms with Gasteiger partial charge in [-0.2, -0.15) is 0 Å². The van der Waals surface area contributed by atoms with Crippen molar-refractivity contribution in [2.45, 2.75) is 6.54 Å². The Bertz CT molecular complexity index is 832. The van der Waals surface area contributed by atoms with Gasteiger partial charge < -0.3 is 5.11 Å². The van der Waals surface area contributed by atoms with Gasteiger partial charge >= 0.3 is 5.97 Å². The van der Waals surface area contributed by atoms with Crippen LogP contribution in [0.5, 0.6) is 0 Å². The van der Waals surface area contributed by atoms with E-state index in [0.717, 1.165) is 14.9 Å². The minimum Gasteiger partial charge on any atom is -0.480 e. The second kappa shape index (κ2) is 3.82. The summed E-state index contributed by atoms with van der Waals surface area (Å²) in [7, 11) is 0. The summed E-state index contributed by atoms with van der Waals surface area (Å²) >= 11 is 7.48. The number of carboxylic acids is 1. The zero-order valence-electron chi connectivity index (χ0n) is 8.83. The molecule has 3 heterocycles. The Labute approximate surface area is 109 Å². The largest absolute Gasteiger partial charge is 0.480 e. The van der Waals surface area contributed by atoms with Gasteiger partial charge in [-0.15, -0.1) is 16.4 Å². The standard InChI is InChI=1S/C10H6ClN3O3S/c11-10-12-13(4-8(15)16)9(17)6-3-7-5(14(6)10)1-2-18-7/h1-3H,4H2,(H,15,16). The normalized spacial score (nSPS) is 11.4. The highest BCUT2D eigenvalue weighted by atomic mass is 35.5. The lowest BCUT2D eigenvalue weighted by Gasteiger charge is -2.04. The highest BCUT2D eigenvalue weighted by Crippen LogP contribution is 2.25. The number of carboxylic acid groups (broad SMARTS) is 1. The van der Waals surface area contributed by atoms with Crippen LogP contribution in [0.3, 0.4) is 0 Å². The van der Waals surface area contributed by atoms with Crippen molar-refractivity contribution >= 4 is 44.6 Å². The van der Waals surface area contributed by atoms with Gasteiger partial charge in [0.25, 0.3) is 5.56 Å². The molecule has 0 fully saturated rings. The fourth-order valence-electron chi connectivity index (χ4n) is 1.84. The summed E-state index contributed by atoms with van der Waals surface area (Å²) in [5, 5.41) is 14.5. The van der Waals surface area contributed by atoms with Gasteiger partial charge in [-0.25, -0.2) is 4.68 Å². The minimum absolute atomic E-state index is 0.0688. The predicted octanol–water partition coefficient (Wildman–Crippen LogP) is 1.45. The molecule has 18 heavy (non-hydrogen) atoms. The molecular formula is C10H6ClN3O3S. The van der Waals surface area contributed by atoms with Gasteiger partial charge in [0, 0.05) is 0 Å². The number of thiophene rings is 1. The molecule has 0 unspecified atom stereocenters. The van der Waals surface area contributed by atoms with Gasteiger partial charge in [0.05, 0.1) is 10.2 Å². The summed E-state index contributed by atoms with van der Waals surface area (Å²) in [5.41, 5.74) is 0.662. The van der Waals surface area contributed by atoms with Crippen molar-refractivity contribution in [2.75, 3.05) is 0 Å². The molecular weight excluding hydrogens is 278 g/mol. The van der Waals surface area contributed by atoms with Crippen LogP contribution in [0.4, 0.5) is 0 Å². The van der Waals surface area contributed by atoms with E-state index in [-0.39, 0.29) is 5.28 Å². The molecule has 0 radical (unpaired) electrons. The Hall–Kier alpha value is -1.86. The van der Waals surface area contributed by atoms with Gasteiger partial charge in [0.2, 0.25) is 5.28 Å². The van der Waals surface area contributed by atoms with Gasteiger partial charge in [-0.05, 0) is 29.1 Å². The van der Waals surface area contributed by atoms with E-state index in [1.807, 2.05) is 11.4 Å². The van der Waals surface area contributed by atoms with Crippen molar-refractivity contribution in [3.05, 3.63) is 33.2 Å². The molecule has 0 aliphatic carbocycles. The molecule has 3 aromatic rings. The van der Waals surface area contributed by atoms with Crippen LogP contribution in [0, 0.1) is 0 Å². The van der Waals surface area contributed by atoms with Crippen molar-refractivity contribution in [1.82, 2.24) is 14.2 Å². The maximum Gasteiger partial charge on any atom is 0.325 e. The molecule has 0 saturated carbocycles. The lowest BCUT2D eigenvalue weighted by molar-refractivity contribution is -0.138. The van der Waals surface area contributed by atoms with Crippen LogP contribution in [0.2, 0.25) is 5.28 Å². The smallest absolute Gasteiger partial charge is 0.325 e. The molecule has 0 saturated heterocycles. The summed E-state index contributed by atoms with van der Waals surface area (Å²) in [6.45, 7) is -0.506. The van der Waals surface area contributed by atoms with Crippen molar-refractivity contribution < 1.29 is 9.90 Å². The van der Waals surface area contributed by atoms with Crippen LogP contribution in [0.1, 0.15) is 0 Å². The van der Waals surface area contributed by atoms with Gasteiger partial charge in [0.1, 0.15) is 12.1 Å². The van der Waals surface area contributed by atoms with E-state index in [1.165, 1.54) is 15.7 Å². The Morgan fingerprint density at radius 3 is 3.00 bits per heavy atom. The molecule has 8 heteroatoms. The molecule has 6 nitrogen and oxygen atoms in total.